The molecule has 1 N–H and O–H groups in total. The van der Waals surface area contributed by atoms with Gasteiger partial charge in [0.15, 0.2) is 0 Å². The lowest BCUT2D eigenvalue weighted by Gasteiger charge is -2.10. The molecule has 19 heavy (non-hydrogen) atoms. The Hall–Kier alpha value is -1.07. The molecule has 0 aromatic heterocycles. The molecular weight excluding hydrogens is 377 g/mol. The van der Waals surface area contributed by atoms with Crippen LogP contribution in [-0.4, -0.2) is 7.11 Å². The predicted molar refractivity (Wildman–Crippen MR) is 82.1 cm³/mol. The molecule has 0 aliphatic heterocycles. The van der Waals surface area contributed by atoms with Crippen LogP contribution in [0.1, 0.15) is 5.56 Å². The lowest BCUT2D eigenvalue weighted by Crippen LogP contribution is -2.01. The SMILES string of the molecule is COc1ccc(NCc2cc(F)ccc2Br)cc1Br. The Kier molecular flexibility index (Phi) is 4.82. The Morgan fingerprint density at radius 1 is 1.11 bits per heavy atom. The van der Waals surface area contributed by atoms with Crippen LogP contribution < -0.4 is 10.1 Å². The molecule has 0 unspecified atom stereocenters. The summed E-state index contributed by atoms with van der Waals surface area (Å²) in [7, 11) is 1.62. The third-order valence-electron chi connectivity index (χ3n) is 2.64. The van der Waals surface area contributed by atoms with Gasteiger partial charge in [0.25, 0.3) is 0 Å². The molecule has 0 spiro atoms. The van der Waals surface area contributed by atoms with Crippen molar-refractivity contribution < 1.29 is 9.13 Å². The van der Waals surface area contributed by atoms with Crippen LogP contribution in [-0.2, 0) is 6.54 Å². The molecular formula is C14H12Br2FNO. The quantitative estimate of drug-likeness (QED) is 0.798. The van der Waals surface area contributed by atoms with Crippen molar-refractivity contribution >= 4 is 37.5 Å². The van der Waals surface area contributed by atoms with Gasteiger partial charge in [-0.1, -0.05) is 15.9 Å². The summed E-state index contributed by atoms with van der Waals surface area (Å²) in [6, 6.07) is 10.3. The Morgan fingerprint density at radius 3 is 2.58 bits per heavy atom. The van der Waals surface area contributed by atoms with Crippen molar-refractivity contribution in [3.8, 4) is 5.75 Å². The zero-order valence-corrected chi connectivity index (χ0v) is 13.4. The first-order chi connectivity index (χ1) is 9.10. The van der Waals surface area contributed by atoms with Gasteiger partial charge in [0.05, 0.1) is 11.6 Å². The van der Waals surface area contributed by atoms with Gasteiger partial charge in [-0.05, 0) is 57.9 Å². The topological polar surface area (TPSA) is 21.3 Å². The Bertz CT molecular complexity index is 590. The van der Waals surface area contributed by atoms with E-state index < -0.39 is 0 Å². The third kappa shape index (κ3) is 3.70. The molecule has 0 atom stereocenters. The second kappa shape index (κ2) is 6.39. The number of benzene rings is 2. The number of hydrogen-bond acceptors (Lipinski definition) is 2. The molecule has 5 heteroatoms. The minimum absolute atomic E-state index is 0.240. The standard InChI is InChI=1S/C14H12Br2FNO/c1-19-14-5-3-11(7-13(14)16)18-8-9-6-10(17)2-4-12(9)15/h2-7,18H,8H2,1H3. The van der Waals surface area contributed by atoms with Crippen LogP contribution in [0, 0.1) is 5.82 Å². The minimum atomic E-state index is -0.240. The van der Waals surface area contributed by atoms with E-state index in [4.69, 9.17) is 4.74 Å². The monoisotopic (exact) mass is 387 g/mol. The summed E-state index contributed by atoms with van der Waals surface area (Å²) in [6.07, 6.45) is 0. The summed E-state index contributed by atoms with van der Waals surface area (Å²) in [5.74, 6) is 0.536. The van der Waals surface area contributed by atoms with Crippen molar-refractivity contribution in [2.45, 2.75) is 6.54 Å². The first kappa shape index (κ1) is 14.3. The van der Waals surface area contributed by atoms with Crippen molar-refractivity contribution in [1.29, 1.82) is 0 Å². The van der Waals surface area contributed by atoms with E-state index in [1.54, 1.807) is 13.2 Å². The summed E-state index contributed by atoms with van der Waals surface area (Å²) in [5, 5.41) is 3.24. The van der Waals surface area contributed by atoms with Crippen LogP contribution in [0.3, 0.4) is 0 Å². The number of halogens is 3. The highest BCUT2D eigenvalue weighted by atomic mass is 79.9. The number of anilines is 1. The highest BCUT2D eigenvalue weighted by Gasteiger charge is 2.04. The Balaban J connectivity index is 2.10. The van der Waals surface area contributed by atoms with Crippen molar-refractivity contribution in [2.75, 3.05) is 12.4 Å². The number of hydrogen-bond donors (Lipinski definition) is 1. The van der Waals surface area contributed by atoms with Gasteiger partial charge in [-0.2, -0.15) is 0 Å². The summed E-state index contributed by atoms with van der Waals surface area (Å²) in [5.41, 5.74) is 1.80. The van der Waals surface area contributed by atoms with E-state index in [2.05, 4.69) is 37.2 Å². The molecule has 0 aliphatic carbocycles. The lowest BCUT2D eigenvalue weighted by molar-refractivity contribution is 0.412. The van der Waals surface area contributed by atoms with Gasteiger partial charge in [0.1, 0.15) is 11.6 Å². The van der Waals surface area contributed by atoms with E-state index in [9.17, 15) is 4.39 Å². The predicted octanol–water partition coefficient (Wildman–Crippen LogP) is 4.97. The van der Waals surface area contributed by atoms with Crippen LogP contribution in [0.4, 0.5) is 10.1 Å². The van der Waals surface area contributed by atoms with Gasteiger partial charge in [0, 0.05) is 16.7 Å². The van der Waals surface area contributed by atoms with Crippen LogP contribution >= 0.6 is 31.9 Å². The molecule has 0 saturated carbocycles. The Morgan fingerprint density at radius 2 is 1.89 bits per heavy atom. The van der Waals surface area contributed by atoms with Crippen molar-refractivity contribution in [1.82, 2.24) is 0 Å². The Labute approximate surface area is 128 Å². The maximum atomic E-state index is 13.2. The molecule has 0 saturated heterocycles. The van der Waals surface area contributed by atoms with Gasteiger partial charge >= 0.3 is 0 Å². The molecule has 0 fully saturated rings. The second-order valence-electron chi connectivity index (χ2n) is 3.94. The number of ether oxygens (including phenoxy) is 1. The summed E-state index contributed by atoms with van der Waals surface area (Å²) < 4.78 is 20.1. The fourth-order valence-corrected chi connectivity index (χ4v) is 2.58. The largest absolute Gasteiger partial charge is 0.496 e. The van der Waals surface area contributed by atoms with E-state index in [0.717, 1.165) is 25.9 Å². The number of nitrogens with one attached hydrogen (secondary N) is 1. The fraction of sp³-hybridized carbons (Fsp3) is 0.143. The van der Waals surface area contributed by atoms with Crippen LogP contribution in [0.15, 0.2) is 45.3 Å². The first-order valence-corrected chi connectivity index (χ1v) is 7.20. The zero-order chi connectivity index (χ0) is 13.8. The highest BCUT2D eigenvalue weighted by molar-refractivity contribution is 9.10. The number of methoxy groups -OCH3 is 1. The van der Waals surface area contributed by atoms with Gasteiger partial charge < -0.3 is 10.1 Å². The summed E-state index contributed by atoms with van der Waals surface area (Å²) in [6.45, 7) is 0.539. The maximum absolute atomic E-state index is 13.2. The molecule has 2 aromatic carbocycles. The van der Waals surface area contributed by atoms with E-state index in [1.807, 2.05) is 18.2 Å². The summed E-state index contributed by atoms with van der Waals surface area (Å²) in [4.78, 5) is 0. The van der Waals surface area contributed by atoms with Crippen LogP contribution in [0.25, 0.3) is 0 Å². The lowest BCUT2D eigenvalue weighted by atomic mass is 10.2. The third-order valence-corrected chi connectivity index (χ3v) is 4.04. The molecule has 0 bridgehead atoms. The van der Waals surface area contributed by atoms with Gasteiger partial charge in [-0.25, -0.2) is 4.39 Å². The molecule has 0 radical (unpaired) electrons. The molecule has 0 heterocycles. The molecule has 0 aliphatic rings. The van der Waals surface area contributed by atoms with Gasteiger partial charge in [-0.15, -0.1) is 0 Å². The molecule has 0 amide bonds. The highest BCUT2D eigenvalue weighted by Crippen LogP contribution is 2.28. The van der Waals surface area contributed by atoms with Crippen LogP contribution in [0.5, 0.6) is 5.75 Å². The fourth-order valence-electron chi connectivity index (χ4n) is 1.65. The van der Waals surface area contributed by atoms with E-state index in [1.165, 1.54) is 12.1 Å². The number of rotatable bonds is 4. The molecule has 100 valence electrons. The zero-order valence-electron chi connectivity index (χ0n) is 10.2. The molecule has 2 nitrogen and oxygen atoms in total. The van der Waals surface area contributed by atoms with Gasteiger partial charge in [0.2, 0.25) is 0 Å². The average Bonchev–Trinajstić information content (AvgIpc) is 2.40. The first-order valence-electron chi connectivity index (χ1n) is 5.61. The minimum Gasteiger partial charge on any atom is -0.496 e. The smallest absolute Gasteiger partial charge is 0.133 e. The molecule has 2 rings (SSSR count). The maximum Gasteiger partial charge on any atom is 0.133 e. The van der Waals surface area contributed by atoms with E-state index >= 15 is 0 Å². The molecule has 2 aromatic rings. The normalized spacial score (nSPS) is 10.3. The van der Waals surface area contributed by atoms with Crippen molar-refractivity contribution in [2.24, 2.45) is 0 Å². The van der Waals surface area contributed by atoms with Gasteiger partial charge in [-0.3, -0.25) is 0 Å². The summed E-state index contributed by atoms with van der Waals surface area (Å²) >= 11 is 6.83. The van der Waals surface area contributed by atoms with Crippen LogP contribution in [0.2, 0.25) is 0 Å². The second-order valence-corrected chi connectivity index (χ2v) is 5.65. The van der Waals surface area contributed by atoms with Crippen molar-refractivity contribution in [3.05, 3.63) is 56.7 Å². The van der Waals surface area contributed by atoms with Crippen molar-refractivity contribution in [3.63, 3.8) is 0 Å². The average molecular weight is 389 g/mol. The van der Waals surface area contributed by atoms with E-state index in [0.29, 0.717) is 6.54 Å². The van der Waals surface area contributed by atoms with E-state index in [-0.39, 0.29) is 5.82 Å².